The summed E-state index contributed by atoms with van der Waals surface area (Å²) in [6, 6.07) is 0. The highest BCUT2D eigenvalue weighted by Crippen LogP contribution is 2.40. The van der Waals surface area contributed by atoms with Gasteiger partial charge in [0.2, 0.25) is 0 Å². The van der Waals surface area contributed by atoms with Gasteiger partial charge in [0.25, 0.3) is 0 Å². The topological polar surface area (TPSA) is 55.4 Å². The smallest absolute Gasteiger partial charge is 0.347 e. The van der Waals surface area contributed by atoms with Crippen LogP contribution >= 0.6 is 0 Å². The number of methoxy groups -OCH3 is 3. The summed E-state index contributed by atoms with van der Waals surface area (Å²) in [6.45, 7) is 12.9. The predicted molar refractivity (Wildman–Crippen MR) is 115 cm³/mol. The van der Waals surface area contributed by atoms with Gasteiger partial charge in [0, 0.05) is 21.3 Å². The third-order valence-electron chi connectivity index (χ3n) is 5.48. The maximum Gasteiger partial charge on any atom is 0.347 e. The molecule has 9 heteroatoms. The van der Waals surface area contributed by atoms with Crippen LogP contribution in [0.1, 0.15) is 59.3 Å². The van der Waals surface area contributed by atoms with Crippen LogP contribution in [0.25, 0.3) is 0 Å². The molecule has 1 aliphatic heterocycles. The first kappa shape index (κ1) is 25.4. The van der Waals surface area contributed by atoms with E-state index in [2.05, 4.69) is 40.4 Å². The summed E-state index contributed by atoms with van der Waals surface area (Å²) in [5.74, 6) is 0. The van der Waals surface area contributed by atoms with Crippen molar-refractivity contribution in [2.24, 2.45) is 0 Å². The van der Waals surface area contributed by atoms with Gasteiger partial charge in [-0.15, -0.1) is 0 Å². The quantitative estimate of drug-likeness (QED) is 0.423. The average Bonchev–Trinajstić information content (AvgIpc) is 2.60. The highest BCUT2D eigenvalue weighted by Gasteiger charge is 2.64. The van der Waals surface area contributed by atoms with Crippen molar-refractivity contribution in [3.63, 3.8) is 0 Å². The molecule has 1 heterocycles. The minimum atomic E-state index is -2.66. The summed E-state index contributed by atoms with van der Waals surface area (Å²) < 4.78 is 38.1. The zero-order valence-electron chi connectivity index (χ0n) is 18.9. The van der Waals surface area contributed by atoms with Gasteiger partial charge in [-0.1, -0.05) is 40.0 Å². The summed E-state index contributed by atoms with van der Waals surface area (Å²) >= 11 is 0. The van der Waals surface area contributed by atoms with E-state index in [0.29, 0.717) is 0 Å². The van der Waals surface area contributed by atoms with Gasteiger partial charge >= 0.3 is 25.7 Å². The molecule has 0 saturated carbocycles. The molecule has 0 aromatic heterocycles. The predicted octanol–water partition coefficient (Wildman–Crippen LogP) is 4.33. The van der Waals surface area contributed by atoms with E-state index in [0.717, 1.165) is 38.5 Å². The zero-order valence-corrected chi connectivity index (χ0v) is 21.9. The van der Waals surface area contributed by atoms with Crippen molar-refractivity contribution in [1.29, 1.82) is 0 Å². The van der Waals surface area contributed by atoms with Gasteiger partial charge in [-0.2, -0.15) is 0 Å². The molecule has 0 aromatic carbocycles. The van der Waals surface area contributed by atoms with E-state index in [1.54, 1.807) is 21.3 Å². The second kappa shape index (κ2) is 11.0. The molecular formula is C18H42O6Si3. The second-order valence-electron chi connectivity index (χ2n) is 7.89. The van der Waals surface area contributed by atoms with Crippen LogP contribution < -0.4 is 0 Å². The van der Waals surface area contributed by atoms with Crippen molar-refractivity contribution in [2.45, 2.75) is 96.1 Å². The molecule has 1 aliphatic rings. The Kier molecular flexibility index (Phi) is 10.3. The van der Waals surface area contributed by atoms with Gasteiger partial charge in [-0.25, -0.2) is 0 Å². The van der Waals surface area contributed by atoms with Crippen molar-refractivity contribution in [3.8, 4) is 0 Å². The van der Waals surface area contributed by atoms with E-state index in [4.69, 9.17) is 26.6 Å². The summed E-state index contributed by atoms with van der Waals surface area (Å²) in [7, 11) is -2.69. The molecule has 0 amide bonds. The van der Waals surface area contributed by atoms with E-state index >= 15 is 0 Å². The van der Waals surface area contributed by atoms with Gasteiger partial charge in [0.1, 0.15) is 0 Å². The van der Waals surface area contributed by atoms with E-state index in [9.17, 15) is 0 Å². The minimum Gasteiger partial charge on any atom is -0.413 e. The van der Waals surface area contributed by atoms with Crippen LogP contribution in [0.5, 0.6) is 0 Å². The Bertz CT molecular complexity index is 372. The Morgan fingerprint density at radius 3 is 0.926 bits per heavy atom. The molecule has 27 heavy (non-hydrogen) atoms. The molecule has 1 saturated heterocycles. The van der Waals surface area contributed by atoms with Crippen LogP contribution in [0.4, 0.5) is 0 Å². The summed E-state index contributed by atoms with van der Waals surface area (Å²) in [5, 5.41) is 0. The fourth-order valence-corrected chi connectivity index (χ4v) is 22.4. The second-order valence-corrected chi connectivity index (χ2v) is 18.4. The average molecular weight is 439 g/mol. The maximum absolute atomic E-state index is 6.80. The largest absolute Gasteiger partial charge is 0.413 e. The molecule has 1 fully saturated rings. The number of ether oxygens (including phenoxy) is 3. The molecule has 3 atom stereocenters. The standard InChI is InChI=1S/C18H42O6Si3/c1-10-13-16(19-4)25(7)22-26(8,17(20-5)14-11-2)24-27(9,23-25)18(21-6)15-12-3/h16-18H,10-15H2,1-9H3. The minimum absolute atomic E-state index is 0.0247. The van der Waals surface area contributed by atoms with Crippen molar-refractivity contribution < 1.29 is 26.6 Å². The SMILES string of the molecule is CCCC(OC)[Si]1(C)O[Si](C)(C(CCC)OC)O[Si](C)(C(CCC)OC)O1. The first-order valence-electron chi connectivity index (χ1n) is 10.4. The molecular weight excluding hydrogens is 396 g/mol. The van der Waals surface area contributed by atoms with Crippen LogP contribution in [0.2, 0.25) is 19.6 Å². The van der Waals surface area contributed by atoms with Crippen molar-refractivity contribution in [1.82, 2.24) is 0 Å². The third-order valence-corrected chi connectivity index (χ3v) is 20.3. The molecule has 0 bridgehead atoms. The van der Waals surface area contributed by atoms with Crippen LogP contribution in [-0.4, -0.2) is 64.2 Å². The van der Waals surface area contributed by atoms with Gasteiger partial charge in [0.05, 0.1) is 17.2 Å². The monoisotopic (exact) mass is 438 g/mol. The van der Waals surface area contributed by atoms with Gasteiger partial charge in [0.15, 0.2) is 0 Å². The third kappa shape index (κ3) is 5.95. The Labute approximate surface area is 170 Å². The zero-order chi connectivity index (χ0) is 20.7. The Morgan fingerprint density at radius 2 is 0.778 bits per heavy atom. The molecule has 162 valence electrons. The number of hydrogen-bond donors (Lipinski definition) is 0. The highest BCUT2D eigenvalue weighted by atomic mass is 28.5. The van der Waals surface area contributed by atoms with Crippen molar-refractivity contribution in [3.05, 3.63) is 0 Å². The lowest BCUT2D eigenvalue weighted by atomic mass is 10.4. The number of hydrogen-bond acceptors (Lipinski definition) is 6. The van der Waals surface area contributed by atoms with Crippen molar-refractivity contribution in [2.75, 3.05) is 21.3 Å². The van der Waals surface area contributed by atoms with E-state index in [1.165, 1.54) is 0 Å². The summed E-state index contributed by atoms with van der Waals surface area (Å²) in [6.07, 6.45) is 5.84. The Morgan fingerprint density at radius 1 is 0.556 bits per heavy atom. The normalized spacial score (nSPS) is 35.0. The summed E-state index contributed by atoms with van der Waals surface area (Å²) in [4.78, 5) is 0. The molecule has 1 rings (SSSR count). The fourth-order valence-electron chi connectivity index (χ4n) is 4.23. The van der Waals surface area contributed by atoms with Gasteiger partial charge < -0.3 is 26.6 Å². The highest BCUT2D eigenvalue weighted by molar-refractivity contribution is 6.94. The van der Waals surface area contributed by atoms with Crippen LogP contribution in [-0.2, 0) is 26.6 Å². The lowest BCUT2D eigenvalue weighted by molar-refractivity contribution is 0.0483. The van der Waals surface area contributed by atoms with E-state index < -0.39 is 25.7 Å². The summed E-state index contributed by atoms with van der Waals surface area (Å²) in [5.41, 5.74) is -0.0741. The molecule has 0 radical (unpaired) electrons. The Balaban J connectivity index is 3.37. The molecule has 0 aromatic rings. The first-order chi connectivity index (χ1) is 12.7. The van der Waals surface area contributed by atoms with Gasteiger partial charge in [-0.05, 0) is 38.9 Å². The van der Waals surface area contributed by atoms with E-state index in [-0.39, 0.29) is 17.2 Å². The fraction of sp³-hybridized carbons (Fsp3) is 1.00. The van der Waals surface area contributed by atoms with Crippen LogP contribution in [0.15, 0.2) is 0 Å². The van der Waals surface area contributed by atoms with Crippen LogP contribution in [0.3, 0.4) is 0 Å². The maximum atomic E-state index is 6.80. The molecule has 6 nitrogen and oxygen atoms in total. The molecule has 0 aliphatic carbocycles. The lowest BCUT2D eigenvalue weighted by Crippen LogP contribution is -2.77. The molecule has 0 spiro atoms. The Hall–Kier alpha value is 0.411. The van der Waals surface area contributed by atoms with Crippen molar-refractivity contribution >= 4 is 25.7 Å². The van der Waals surface area contributed by atoms with E-state index in [1.807, 2.05) is 0 Å². The van der Waals surface area contributed by atoms with Gasteiger partial charge in [-0.3, -0.25) is 0 Å². The molecule has 3 unspecified atom stereocenters. The first-order valence-corrected chi connectivity index (χ1v) is 17.6. The number of rotatable bonds is 12. The molecule has 0 N–H and O–H groups in total. The van der Waals surface area contributed by atoms with Crippen LogP contribution in [0, 0.1) is 0 Å². The lowest BCUT2D eigenvalue weighted by Gasteiger charge is -2.55.